The summed E-state index contributed by atoms with van der Waals surface area (Å²) >= 11 is 3.46. The standard InChI is InChI=1S/C15H16BrN3O2/c1-20-11-7-10(8-12(21-2)14(11)16)18-13-5-6-17-15(19-13)9-3-4-9/h5-9H,3-4H2,1-2H3,(H,17,18,19). The SMILES string of the molecule is COc1cc(Nc2ccnc(C3CC3)n2)cc(OC)c1Br. The van der Waals surface area contributed by atoms with Gasteiger partial charge in [-0.05, 0) is 34.8 Å². The van der Waals surface area contributed by atoms with Crippen molar-refractivity contribution >= 4 is 27.4 Å². The van der Waals surface area contributed by atoms with Crippen LogP contribution in [0, 0.1) is 0 Å². The predicted octanol–water partition coefficient (Wildman–Crippen LogP) is 3.88. The first-order valence-corrected chi connectivity index (χ1v) is 7.52. The Labute approximate surface area is 131 Å². The molecule has 1 aromatic carbocycles. The minimum Gasteiger partial charge on any atom is -0.495 e. The number of aromatic nitrogens is 2. The molecule has 1 aromatic heterocycles. The van der Waals surface area contributed by atoms with Crippen LogP contribution in [0.4, 0.5) is 11.5 Å². The maximum Gasteiger partial charge on any atom is 0.138 e. The van der Waals surface area contributed by atoms with Gasteiger partial charge in [0, 0.05) is 29.9 Å². The Kier molecular flexibility index (Phi) is 3.96. The van der Waals surface area contributed by atoms with Crippen molar-refractivity contribution in [1.29, 1.82) is 0 Å². The van der Waals surface area contributed by atoms with Crippen molar-refractivity contribution < 1.29 is 9.47 Å². The largest absolute Gasteiger partial charge is 0.495 e. The Morgan fingerprint density at radius 1 is 1.19 bits per heavy atom. The molecule has 1 aliphatic rings. The van der Waals surface area contributed by atoms with Gasteiger partial charge in [0.1, 0.15) is 27.6 Å². The lowest BCUT2D eigenvalue weighted by atomic mass is 10.2. The summed E-state index contributed by atoms with van der Waals surface area (Å²) in [6.45, 7) is 0. The van der Waals surface area contributed by atoms with Crippen molar-refractivity contribution in [1.82, 2.24) is 9.97 Å². The van der Waals surface area contributed by atoms with Crippen LogP contribution in [0.25, 0.3) is 0 Å². The van der Waals surface area contributed by atoms with E-state index in [4.69, 9.17) is 9.47 Å². The van der Waals surface area contributed by atoms with E-state index in [1.165, 1.54) is 12.8 Å². The number of hydrogen-bond acceptors (Lipinski definition) is 5. The first-order valence-electron chi connectivity index (χ1n) is 6.72. The molecule has 5 nitrogen and oxygen atoms in total. The topological polar surface area (TPSA) is 56.3 Å². The maximum absolute atomic E-state index is 5.34. The van der Waals surface area contributed by atoms with Crippen LogP contribution in [0.15, 0.2) is 28.9 Å². The average Bonchev–Trinajstić information content (AvgIpc) is 3.34. The molecule has 6 heteroatoms. The molecule has 0 unspecified atom stereocenters. The van der Waals surface area contributed by atoms with E-state index >= 15 is 0 Å². The predicted molar refractivity (Wildman–Crippen MR) is 84.5 cm³/mol. The molecule has 1 aliphatic carbocycles. The van der Waals surface area contributed by atoms with E-state index < -0.39 is 0 Å². The fraction of sp³-hybridized carbons (Fsp3) is 0.333. The normalized spacial score (nSPS) is 13.9. The summed E-state index contributed by atoms with van der Waals surface area (Å²) in [6.07, 6.45) is 4.16. The molecule has 0 saturated heterocycles. The fourth-order valence-corrected chi connectivity index (χ4v) is 2.62. The zero-order valence-corrected chi connectivity index (χ0v) is 13.5. The van der Waals surface area contributed by atoms with Gasteiger partial charge in [0.2, 0.25) is 0 Å². The second kappa shape index (κ2) is 5.89. The highest BCUT2D eigenvalue weighted by Gasteiger charge is 2.26. The third kappa shape index (κ3) is 3.10. The van der Waals surface area contributed by atoms with Crippen LogP contribution in [0.2, 0.25) is 0 Å². The van der Waals surface area contributed by atoms with Crippen LogP contribution in [-0.4, -0.2) is 24.2 Å². The van der Waals surface area contributed by atoms with Gasteiger partial charge < -0.3 is 14.8 Å². The smallest absolute Gasteiger partial charge is 0.138 e. The fourth-order valence-electron chi connectivity index (χ4n) is 2.07. The molecule has 2 aromatic rings. The summed E-state index contributed by atoms with van der Waals surface area (Å²) in [5.41, 5.74) is 0.854. The van der Waals surface area contributed by atoms with Gasteiger partial charge >= 0.3 is 0 Å². The molecule has 3 rings (SSSR count). The van der Waals surface area contributed by atoms with Crippen LogP contribution in [0.5, 0.6) is 11.5 Å². The minimum atomic E-state index is 0.528. The molecule has 0 bridgehead atoms. The van der Waals surface area contributed by atoms with Crippen LogP contribution in [-0.2, 0) is 0 Å². The summed E-state index contributed by atoms with van der Waals surface area (Å²) < 4.78 is 11.5. The monoisotopic (exact) mass is 349 g/mol. The van der Waals surface area contributed by atoms with Crippen LogP contribution in [0.1, 0.15) is 24.6 Å². The first-order chi connectivity index (χ1) is 10.2. The van der Waals surface area contributed by atoms with Crippen molar-refractivity contribution in [2.24, 2.45) is 0 Å². The Balaban J connectivity index is 1.88. The molecule has 0 atom stereocenters. The Morgan fingerprint density at radius 3 is 2.43 bits per heavy atom. The van der Waals surface area contributed by atoms with Crippen molar-refractivity contribution in [3.8, 4) is 11.5 Å². The first kappa shape index (κ1) is 14.1. The third-order valence-electron chi connectivity index (χ3n) is 3.33. The van der Waals surface area contributed by atoms with E-state index in [1.807, 2.05) is 18.2 Å². The van der Waals surface area contributed by atoms with Gasteiger partial charge in [-0.2, -0.15) is 0 Å². The molecular weight excluding hydrogens is 334 g/mol. The van der Waals surface area contributed by atoms with Gasteiger partial charge in [-0.15, -0.1) is 0 Å². The molecule has 0 amide bonds. The lowest BCUT2D eigenvalue weighted by molar-refractivity contribution is 0.390. The molecule has 1 fully saturated rings. The van der Waals surface area contributed by atoms with E-state index in [-0.39, 0.29) is 0 Å². The number of hydrogen-bond donors (Lipinski definition) is 1. The van der Waals surface area contributed by atoms with Crippen molar-refractivity contribution in [2.75, 3.05) is 19.5 Å². The highest BCUT2D eigenvalue weighted by molar-refractivity contribution is 9.10. The molecule has 1 heterocycles. The summed E-state index contributed by atoms with van der Waals surface area (Å²) in [5.74, 6) is 3.62. The highest BCUT2D eigenvalue weighted by atomic mass is 79.9. The van der Waals surface area contributed by atoms with E-state index in [2.05, 4.69) is 31.2 Å². The van der Waals surface area contributed by atoms with Gasteiger partial charge in [0.05, 0.1) is 14.2 Å². The number of halogens is 1. The van der Waals surface area contributed by atoms with Gasteiger partial charge in [-0.1, -0.05) is 0 Å². The van der Waals surface area contributed by atoms with E-state index in [1.54, 1.807) is 20.4 Å². The average molecular weight is 350 g/mol. The number of ether oxygens (including phenoxy) is 2. The Hall–Kier alpha value is -1.82. The zero-order chi connectivity index (χ0) is 14.8. The van der Waals surface area contributed by atoms with Crippen LogP contribution in [0.3, 0.4) is 0 Å². The van der Waals surface area contributed by atoms with E-state index in [0.29, 0.717) is 17.4 Å². The number of nitrogens with zero attached hydrogens (tertiary/aromatic N) is 2. The quantitative estimate of drug-likeness (QED) is 0.887. The summed E-state index contributed by atoms with van der Waals surface area (Å²) in [5, 5.41) is 3.27. The number of benzene rings is 1. The van der Waals surface area contributed by atoms with Gasteiger partial charge in [0.15, 0.2) is 0 Å². The van der Waals surface area contributed by atoms with Gasteiger partial charge in [-0.3, -0.25) is 0 Å². The van der Waals surface area contributed by atoms with E-state index in [0.717, 1.165) is 21.8 Å². The van der Waals surface area contributed by atoms with Crippen molar-refractivity contribution in [3.05, 3.63) is 34.7 Å². The maximum atomic E-state index is 5.34. The molecule has 0 radical (unpaired) electrons. The van der Waals surface area contributed by atoms with Crippen LogP contribution >= 0.6 is 15.9 Å². The lowest BCUT2D eigenvalue weighted by Crippen LogP contribution is -1.99. The number of anilines is 2. The molecule has 21 heavy (non-hydrogen) atoms. The van der Waals surface area contributed by atoms with E-state index in [9.17, 15) is 0 Å². The third-order valence-corrected chi connectivity index (χ3v) is 4.12. The molecule has 1 N–H and O–H groups in total. The molecular formula is C15H16BrN3O2. The minimum absolute atomic E-state index is 0.528. The summed E-state index contributed by atoms with van der Waals surface area (Å²) in [7, 11) is 3.25. The molecule has 110 valence electrons. The second-order valence-electron chi connectivity index (χ2n) is 4.89. The molecule has 1 saturated carbocycles. The Morgan fingerprint density at radius 2 is 1.86 bits per heavy atom. The van der Waals surface area contributed by atoms with Gasteiger partial charge in [0.25, 0.3) is 0 Å². The molecule has 0 aliphatic heterocycles. The highest BCUT2D eigenvalue weighted by Crippen LogP contribution is 2.39. The van der Waals surface area contributed by atoms with Crippen molar-refractivity contribution in [2.45, 2.75) is 18.8 Å². The molecule has 0 spiro atoms. The van der Waals surface area contributed by atoms with Crippen molar-refractivity contribution in [3.63, 3.8) is 0 Å². The summed E-state index contributed by atoms with van der Waals surface area (Å²) in [6, 6.07) is 5.64. The zero-order valence-electron chi connectivity index (χ0n) is 11.9. The van der Waals surface area contributed by atoms with Gasteiger partial charge in [-0.25, -0.2) is 9.97 Å². The number of methoxy groups -OCH3 is 2. The lowest BCUT2D eigenvalue weighted by Gasteiger charge is -2.13. The number of nitrogens with one attached hydrogen (secondary N) is 1. The Bertz CT molecular complexity index is 634. The van der Waals surface area contributed by atoms with Crippen LogP contribution < -0.4 is 14.8 Å². The summed E-state index contributed by atoms with van der Waals surface area (Å²) in [4.78, 5) is 8.86. The number of rotatable bonds is 5. The second-order valence-corrected chi connectivity index (χ2v) is 5.69.